The first kappa shape index (κ1) is 19.4. The fourth-order valence-corrected chi connectivity index (χ4v) is 3.92. The Balaban J connectivity index is 1.29. The molecule has 1 fully saturated rings. The Bertz CT molecular complexity index is 937. The fourth-order valence-electron chi connectivity index (χ4n) is 3.92. The maximum Gasteiger partial charge on any atom is 0.185 e. The number of piperidine rings is 1. The van der Waals surface area contributed by atoms with Gasteiger partial charge in [0.1, 0.15) is 0 Å². The summed E-state index contributed by atoms with van der Waals surface area (Å²) < 4.78 is 0. The Labute approximate surface area is 173 Å². The lowest BCUT2D eigenvalue weighted by molar-refractivity contribution is 0.104. The number of carbonyl (C=O) groups is 1. The van der Waals surface area contributed by atoms with Gasteiger partial charge >= 0.3 is 0 Å². The molecule has 0 unspecified atom stereocenters. The maximum atomic E-state index is 12.5. The summed E-state index contributed by atoms with van der Waals surface area (Å²) in [5.41, 5.74) is 4.43. The first-order valence-corrected chi connectivity index (χ1v) is 10.4. The van der Waals surface area contributed by atoms with Crippen molar-refractivity contribution in [2.24, 2.45) is 5.92 Å². The van der Waals surface area contributed by atoms with Crippen molar-refractivity contribution >= 4 is 5.78 Å². The van der Waals surface area contributed by atoms with Gasteiger partial charge in [-0.2, -0.15) is 0 Å². The predicted molar refractivity (Wildman–Crippen MR) is 120 cm³/mol. The van der Waals surface area contributed by atoms with Crippen molar-refractivity contribution in [2.45, 2.75) is 19.4 Å². The van der Waals surface area contributed by atoms with Crippen LogP contribution >= 0.6 is 0 Å². The highest BCUT2D eigenvalue weighted by Crippen LogP contribution is 2.22. The Kier molecular flexibility index (Phi) is 6.33. The van der Waals surface area contributed by atoms with Crippen LogP contribution in [0.5, 0.6) is 0 Å². The number of likely N-dealkylation sites (tertiary alicyclic amines) is 1. The van der Waals surface area contributed by atoms with Crippen LogP contribution in [0.15, 0.2) is 97.1 Å². The van der Waals surface area contributed by atoms with Gasteiger partial charge < -0.3 is 0 Å². The molecule has 1 saturated heterocycles. The molecule has 0 saturated carbocycles. The molecule has 146 valence electrons. The first-order chi connectivity index (χ1) is 14.3. The minimum Gasteiger partial charge on any atom is -0.299 e. The molecule has 0 N–H and O–H groups in total. The zero-order valence-corrected chi connectivity index (χ0v) is 16.7. The molecule has 3 aromatic carbocycles. The SMILES string of the molecule is O=C(/C=C/C1CCN(Cc2ccccc2)CC1)c1ccc(-c2ccccc2)cc1. The molecule has 4 rings (SSSR count). The zero-order valence-electron chi connectivity index (χ0n) is 16.7. The highest BCUT2D eigenvalue weighted by Gasteiger charge is 2.17. The van der Waals surface area contributed by atoms with Gasteiger partial charge in [0.2, 0.25) is 0 Å². The number of benzene rings is 3. The minimum atomic E-state index is 0.0938. The second-order valence-electron chi connectivity index (χ2n) is 7.77. The van der Waals surface area contributed by atoms with E-state index in [9.17, 15) is 4.79 Å². The van der Waals surface area contributed by atoms with Crippen LogP contribution in [0.25, 0.3) is 11.1 Å². The molecule has 0 atom stereocenters. The summed E-state index contributed by atoms with van der Waals surface area (Å²) in [5, 5.41) is 0. The smallest absolute Gasteiger partial charge is 0.185 e. The Morgan fingerprint density at radius 3 is 2.03 bits per heavy atom. The average Bonchev–Trinajstić information content (AvgIpc) is 2.80. The van der Waals surface area contributed by atoms with Gasteiger partial charge in [-0.25, -0.2) is 0 Å². The Morgan fingerprint density at radius 1 is 0.793 bits per heavy atom. The van der Waals surface area contributed by atoms with Crippen LogP contribution in [0.1, 0.15) is 28.8 Å². The maximum absolute atomic E-state index is 12.5. The Hall–Kier alpha value is -2.97. The van der Waals surface area contributed by atoms with Crippen LogP contribution in [0, 0.1) is 5.92 Å². The van der Waals surface area contributed by atoms with Crippen molar-refractivity contribution in [2.75, 3.05) is 13.1 Å². The van der Waals surface area contributed by atoms with Crippen LogP contribution in [0.3, 0.4) is 0 Å². The zero-order chi connectivity index (χ0) is 19.9. The van der Waals surface area contributed by atoms with E-state index in [0.29, 0.717) is 5.92 Å². The third kappa shape index (κ3) is 5.30. The number of allylic oxidation sites excluding steroid dienone is 2. The molecular formula is C27H27NO. The molecule has 0 radical (unpaired) electrons. The molecule has 0 aromatic heterocycles. The molecule has 0 bridgehead atoms. The summed E-state index contributed by atoms with van der Waals surface area (Å²) in [6.07, 6.45) is 6.12. The number of hydrogen-bond donors (Lipinski definition) is 0. The topological polar surface area (TPSA) is 20.3 Å². The van der Waals surface area contributed by atoms with E-state index in [0.717, 1.165) is 43.6 Å². The van der Waals surface area contributed by atoms with Crippen LogP contribution in [-0.4, -0.2) is 23.8 Å². The van der Waals surface area contributed by atoms with Crippen molar-refractivity contribution in [1.82, 2.24) is 4.90 Å². The molecule has 1 aliphatic rings. The summed E-state index contributed by atoms with van der Waals surface area (Å²) in [6, 6.07) is 28.8. The van der Waals surface area contributed by atoms with Crippen molar-refractivity contribution in [3.63, 3.8) is 0 Å². The van der Waals surface area contributed by atoms with E-state index in [-0.39, 0.29) is 5.78 Å². The summed E-state index contributed by atoms with van der Waals surface area (Å²) >= 11 is 0. The predicted octanol–water partition coefficient (Wildman–Crippen LogP) is 6.00. The standard InChI is InChI=1S/C27H27NO/c29-27(26-14-12-25(13-15-26)24-9-5-2-6-10-24)16-11-22-17-19-28(20-18-22)21-23-7-3-1-4-8-23/h1-16,22H,17-21H2/b16-11+. The molecular weight excluding hydrogens is 354 g/mol. The summed E-state index contributed by atoms with van der Waals surface area (Å²) in [4.78, 5) is 15.0. The number of carbonyl (C=O) groups excluding carboxylic acids is 1. The molecule has 0 amide bonds. The van der Waals surface area contributed by atoms with Gasteiger partial charge in [0, 0.05) is 12.1 Å². The fraction of sp³-hybridized carbons (Fsp3) is 0.222. The second kappa shape index (κ2) is 9.49. The minimum absolute atomic E-state index is 0.0938. The molecule has 3 aromatic rings. The number of ketones is 1. The van der Waals surface area contributed by atoms with Gasteiger partial charge in [-0.1, -0.05) is 91.0 Å². The number of hydrogen-bond acceptors (Lipinski definition) is 2. The van der Waals surface area contributed by atoms with Crippen molar-refractivity contribution in [1.29, 1.82) is 0 Å². The van der Waals surface area contributed by atoms with Gasteiger partial charge in [-0.3, -0.25) is 9.69 Å². The quantitative estimate of drug-likeness (QED) is 0.385. The molecule has 1 aliphatic heterocycles. The van der Waals surface area contributed by atoms with Gasteiger partial charge in [-0.15, -0.1) is 0 Å². The van der Waals surface area contributed by atoms with Gasteiger partial charge in [0.25, 0.3) is 0 Å². The molecule has 0 aliphatic carbocycles. The Morgan fingerprint density at radius 2 is 1.38 bits per heavy atom. The number of nitrogens with zero attached hydrogens (tertiary/aromatic N) is 1. The lowest BCUT2D eigenvalue weighted by Gasteiger charge is -2.30. The third-order valence-electron chi connectivity index (χ3n) is 5.68. The monoisotopic (exact) mass is 381 g/mol. The largest absolute Gasteiger partial charge is 0.299 e. The van der Waals surface area contributed by atoms with Crippen LogP contribution < -0.4 is 0 Å². The van der Waals surface area contributed by atoms with E-state index >= 15 is 0 Å². The normalized spacial score (nSPS) is 15.6. The van der Waals surface area contributed by atoms with Crippen LogP contribution in [0.4, 0.5) is 0 Å². The van der Waals surface area contributed by atoms with Gasteiger partial charge in [0.05, 0.1) is 0 Å². The average molecular weight is 382 g/mol. The van der Waals surface area contributed by atoms with E-state index in [4.69, 9.17) is 0 Å². The van der Waals surface area contributed by atoms with Crippen molar-refractivity contribution in [3.05, 3.63) is 108 Å². The lowest BCUT2D eigenvalue weighted by Crippen LogP contribution is -2.32. The highest BCUT2D eigenvalue weighted by atomic mass is 16.1. The number of rotatable bonds is 6. The summed E-state index contributed by atoms with van der Waals surface area (Å²) in [6.45, 7) is 3.19. The van der Waals surface area contributed by atoms with E-state index in [1.807, 2.05) is 42.5 Å². The molecule has 0 spiro atoms. The molecule has 1 heterocycles. The van der Waals surface area contributed by atoms with Gasteiger partial charge in [0.15, 0.2) is 5.78 Å². The van der Waals surface area contributed by atoms with E-state index in [2.05, 4.69) is 53.4 Å². The molecule has 2 heteroatoms. The highest BCUT2D eigenvalue weighted by molar-refractivity contribution is 6.04. The van der Waals surface area contributed by atoms with Gasteiger partial charge in [-0.05, 0) is 54.6 Å². The van der Waals surface area contributed by atoms with E-state index in [1.165, 1.54) is 11.1 Å². The third-order valence-corrected chi connectivity index (χ3v) is 5.68. The van der Waals surface area contributed by atoms with Crippen LogP contribution in [0.2, 0.25) is 0 Å². The van der Waals surface area contributed by atoms with Crippen molar-refractivity contribution in [3.8, 4) is 11.1 Å². The molecule has 2 nitrogen and oxygen atoms in total. The second-order valence-corrected chi connectivity index (χ2v) is 7.77. The first-order valence-electron chi connectivity index (χ1n) is 10.4. The summed E-state index contributed by atoms with van der Waals surface area (Å²) in [5.74, 6) is 0.589. The van der Waals surface area contributed by atoms with E-state index < -0.39 is 0 Å². The van der Waals surface area contributed by atoms with Crippen LogP contribution in [-0.2, 0) is 6.54 Å². The molecule has 29 heavy (non-hydrogen) atoms. The lowest BCUT2D eigenvalue weighted by atomic mass is 9.95. The van der Waals surface area contributed by atoms with Crippen molar-refractivity contribution < 1.29 is 4.79 Å². The summed E-state index contributed by atoms with van der Waals surface area (Å²) in [7, 11) is 0. The van der Waals surface area contributed by atoms with E-state index in [1.54, 1.807) is 6.08 Å².